The van der Waals surface area contributed by atoms with Crippen molar-refractivity contribution in [1.29, 1.82) is 0 Å². The molecular formula is C10H17F2N. The van der Waals surface area contributed by atoms with Crippen molar-refractivity contribution < 1.29 is 8.78 Å². The molecule has 3 atom stereocenters. The number of alkyl halides is 2. The van der Waals surface area contributed by atoms with E-state index in [2.05, 4.69) is 18.7 Å². The van der Waals surface area contributed by atoms with Crippen molar-refractivity contribution in [2.45, 2.75) is 57.7 Å². The lowest BCUT2D eigenvalue weighted by Crippen LogP contribution is -2.49. The van der Waals surface area contributed by atoms with Crippen LogP contribution in [0.1, 0.15) is 33.6 Å². The third-order valence-electron chi connectivity index (χ3n) is 3.65. The molecule has 76 valence electrons. The Morgan fingerprint density at radius 2 is 2.00 bits per heavy atom. The highest BCUT2D eigenvalue weighted by Crippen LogP contribution is 2.52. The smallest absolute Gasteiger partial charge is 0.253 e. The van der Waals surface area contributed by atoms with Crippen LogP contribution >= 0.6 is 0 Å². The quantitative estimate of drug-likeness (QED) is 0.612. The number of halogens is 2. The minimum absolute atomic E-state index is 0.0637. The van der Waals surface area contributed by atoms with Gasteiger partial charge in [-0.3, -0.25) is 4.90 Å². The highest BCUT2D eigenvalue weighted by Gasteiger charge is 2.59. The first-order chi connectivity index (χ1) is 5.93. The predicted molar refractivity (Wildman–Crippen MR) is 47.9 cm³/mol. The average Bonchev–Trinajstić information content (AvgIpc) is 2.38. The summed E-state index contributed by atoms with van der Waals surface area (Å²) in [4.78, 5) is 2.25. The SMILES string of the molecule is CC(C)N1C2CC([C@H]1C)C(F)(F)C2. The van der Waals surface area contributed by atoms with Gasteiger partial charge in [-0.15, -0.1) is 0 Å². The molecule has 0 spiro atoms. The van der Waals surface area contributed by atoms with Crippen LogP contribution < -0.4 is 0 Å². The zero-order chi connectivity index (χ0) is 9.80. The van der Waals surface area contributed by atoms with Crippen LogP contribution in [0, 0.1) is 5.92 Å². The van der Waals surface area contributed by atoms with Gasteiger partial charge in [0, 0.05) is 30.5 Å². The molecule has 1 aliphatic heterocycles. The summed E-state index contributed by atoms with van der Waals surface area (Å²) in [6.45, 7) is 6.13. The molecule has 2 fully saturated rings. The first-order valence-electron chi connectivity index (χ1n) is 5.08. The molecule has 0 radical (unpaired) electrons. The van der Waals surface area contributed by atoms with E-state index in [-0.39, 0.29) is 24.4 Å². The molecule has 1 saturated heterocycles. The third kappa shape index (κ3) is 1.20. The Morgan fingerprint density at radius 3 is 2.38 bits per heavy atom. The topological polar surface area (TPSA) is 3.24 Å². The van der Waals surface area contributed by atoms with Crippen molar-refractivity contribution in [3.05, 3.63) is 0 Å². The van der Waals surface area contributed by atoms with Crippen LogP contribution in [0.15, 0.2) is 0 Å². The summed E-state index contributed by atoms with van der Waals surface area (Å²) in [5.74, 6) is -2.78. The molecule has 2 rings (SSSR count). The molecule has 1 saturated carbocycles. The van der Waals surface area contributed by atoms with Crippen molar-refractivity contribution in [3.8, 4) is 0 Å². The van der Waals surface area contributed by atoms with Crippen molar-refractivity contribution in [2.75, 3.05) is 0 Å². The Morgan fingerprint density at radius 1 is 1.38 bits per heavy atom. The monoisotopic (exact) mass is 189 g/mol. The van der Waals surface area contributed by atoms with E-state index in [0.29, 0.717) is 12.5 Å². The van der Waals surface area contributed by atoms with Crippen molar-refractivity contribution in [1.82, 2.24) is 4.90 Å². The number of hydrogen-bond acceptors (Lipinski definition) is 1. The molecule has 0 aromatic carbocycles. The summed E-state index contributed by atoms with van der Waals surface area (Å²) < 4.78 is 26.6. The molecule has 1 aliphatic carbocycles. The average molecular weight is 189 g/mol. The lowest BCUT2D eigenvalue weighted by molar-refractivity contribution is -0.0926. The molecule has 2 unspecified atom stereocenters. The molecule has 2 aliphatic rings. The Labute approximate surface area is 78.1 Å². The van der Waals surface area contributed by atoms with E-state index in [0.717, 1.165) is 0 Å². The second-order valence-corrected chi connectivity index (χ2v) is 4.74. The number of piperidine rings is 1. The number of fused-ring (bicyclic) bond motifs is 2. The lowest BCUT2D eigenvalue weighted by Gasteiger charge is -2.39. The van der Waals surface area contributed by atoms with E-state index in [1.807, 2.05) is 6.92 Å². The summed E-state index contributed by atoms with van der Waals surface area (Å²) in [7, 11) is 0. The standard InChI is InChI=1S/C10H17F2N/c1-6(2)13-7(3)9-4-8(13)5-10(9,11)12/h6-9H,4-5H2,1-3H3/t7-,8?,9?/m1/s1. The summed E-state index contributed by atoms with van der Waals surface area (Å²) in [6.07, 6.45) is 0.784. The van der Waals surface area contributed by atoms with Crippen LogP contribution in [0.3, 0.4) is 0 Å². The third-order valence-corrected chi connectivity index (χ3v) is 3.65. The fourth-order valence-electron chi connectivity index (χ4n) is 3.22. The predicted octanol–water partition coefficient (Wildman–Crippen LogP) is 2.51. The normalized spacial score (nSPS) is 43.4. The van der Waals surface area contributed by atoms with Crippen LogP contribution in [0.25, 0.3) is 0 Å². The molecule has 0 aromatic heterocycles. The molecule has 0 aromatic rings. The van der Waals surface area contributed by atoms with Gasteiger partial charge in [0.1, 0.15) is 0 Å². The minimum atomic E-state index is -2.39. The fourth-order valence-corrected chi connectivity index (χ4v) is 3.22. The zero-order valence-electron chi connectivity index (χ0n) is 8.43. The maximum absolute atomic E-state index is 13.3. The number of nitrogens with zero attached hydrogens (tertiary/aromatic N) is 1. The Kier molecular flexibility index (Phi) is 1.92. The largest absolute Gasteiger partial charge is 0.295 e. The van der Waals surface area contributed by atoms with E-state index in [1.165, 1.54) is 0 Å². The Balaban J connectivity index is 2.18. The highest BCUT2D eigenvalue weighted by atomic mass is 19.3. The summed E-state index contributed by atoms with van der Waals surface area (Å²) in [6, 6.07) is 0.602. The van der Waals surface area contributed by atoms with Gasteiger partial charge in [0.05, 0.1) is 0 Å². The molecule has 13 heavy (non-hydrogen) atoms. The van der Waals surface area contributed by atoms with Gasteiger partial charge in [-0.1, -0.05) is 0 Å². The van der Waals surface area contributed by atoms with Crippen LogP contribution in [0.5, 0.6) is 0 Å². The van der Waals surface area contributed by atoms with Gasteiger partial charge >= 0.3 is 0 Å². The van der Waals surface area contributed by atoms with Gasteiger partial charge in [0.2, 0.25) is 0 Å². The fraction of sp³-hybridized carbons (Fsp3) is 1.00. The summed E-state index contributed by atoms with van der Waals surface area (Å²) in [5, 5.41) is 0. The zero-order valence-corrected chi connectivity index (χ0v) is 8.43. The second kappa shape index (κ2) is 2.66. The number of rotatable bonds is 1. The molecule has 1 nitrogen and oxygen atoms in total. The number of hydrogen-bond donors (Lipinski definition) is 0. The molecule has 0 N–H and O–H groups in total. The van der Waals surface area contributed by atoms with E-state index < -0.39 is 5.92 Å². The van der Waals surface area contributed by atoms with Gasteiger partial charge < -0.3 is 0 Å². The first-order valence-corrected chi connectivity index (χ1v) is 5.08. The molecule has 3 heteroatoms. The highest BCUT2D eigenvalue weighted by molar-refractivity contribution is 5.06. The van der Waals surface area contributed by atoms with E-state index in [4.69, 9.17) is 0 Å². The minimum Gasteiger partial charge on any atom is -0.295 e. The molecule has 0 amide bonds. The van der Waals surface area contributed by atoms with Gasteiger partial charge in [-0.25, -0.2) is 8.78 Å². The summed E-state index contributed by atoms with van der Waals surface area (Å²) in [5.41, 5.74) is 0. The molecule has 2 bridgehead atoms. The van der Waals surface area contributed by atoms with Crippen molar-refractivity contribution in [3.63, 3.8) is 0 Å². The van der Waals surface area contributed by atoms with Crippen molar-refractivity contribution >= 4 is 0 Å². The molecule has 1 heterocycles. The van der Waals surface area contributed by atoms with E-state index in [9.17, 15) is 8.78 Å². The first kappa shape index (κ1) is 9.38. The van der Waals surface area contributed by atoms with Gasteiger partial charge in [0.25, 0.3) is 5.92 Å². The Hall–Kier alpha value is -0.180. The van der Waals surface area contributed by atoms with Crippen LogP contribution in [0.4, 0.5) is 8.78 Å². The van der Waals surface area contributed by atoms with Gasteiger partial charge in [-0.05, 0) is 27.2 Å². The van der Waals surface area contributed by atoms with E-state index >= 15 is 0 Å². The summed E-state index contributed by atoms with van der Waals surface area (Å²) >= 11 is 0. The van der Waals surface area contributed by atoms with Gasteiger partial charge in [-0.2, -0.15) is 0 Å². The van der Waals surface area contributed by atoms with Gasteiger partial charge in [0.15, 0.2) is 0 Å². The maximum Gasteiger partial charge on any atom is 0.253 e. The maximum atomic E-state index is 13.3. The van der Waals surface area contributed by atoms with E-state index in [1.54, 1.807) is 0 Å². The lowest BCUT2D eigenvalue weighted by atomic mass is 9.95. The molecular weight excluding hydrogens is 172 g/mol. The number of likely N-dealkylation sites (tertiary alicyclic amines) is 1. The van der Waals surface area contributed by atoms with Crippen LogP contribution in [-0.4, -0.2) is 28.9 Å². The second-order valence-electron chi connectivity index (χ2n) is 4.74. The Bertz CT molecular complexity index is 211. The van der Waals surface area contributed by atoms with Crippen LogP contribution in [-0.2, 0) is 0 Å². The van der Waals surface area contributed by atoms with Crippen molar-refractivity contribution in [2.24, 2.45) is 5.92 Å². The van der Waals surface area contributed by atoms with Crippen LogP contribution in [0.2, 0.25) is 0 Å².